The Kier molecular flexibility index (Phi) is 5.55. The van der Waals surface area contributed by atoms with E-state index in [4.69, 9.17) is 4.98 Å². The second-order valence-corrected chi connectivity index (χ2v) is 7.41. The van der Waals surface area contributed by atoms with Gasteiger partial charge in [-0.05, 0) is 20.0 Å². The molecule has 0 amide bonds. The van der Waals surface area contributed by atoms with Crippen LogP contribution in [0.15, 0.2) is 5.38 Å². The first-order chi connectivity index (χ1) is 9.45. The van der Waals surface area contributed by atoms with Crippen LogP contribution in [0.2, 0.25) is 0 Å². The molecular weight excluding hydrogens is 268 g/mol. The van der Waals surface area contributed by atoms with Gasteiger partial charge in [0.05, 0.1) is 5.69 Å². The molecule has 1 aliphatic heterocycles. The van der Waals surface area contributed by atoms with Crippen LogP contribution in [0.1, 0.15) is 31.5 Å². The number of hydrogen-bond donors (Lipinski definition) is 1. The summed E-state index contributed by atoms with van der Waals surface area (Å²) in [5, 5.41) is 6.84. The standard InChI is InChI=1S/C15H28N4S/c1-11(2)16-6-15-17-13(10-20-15)8-19-7-12(3)14(9-19)18(4)5/h10-12,14,16H,6-9H2,1-5H3. The zero-order valence-corrected chi connectivity index (χ0v) is 14.2. The van der Waals surface area contributed by atoms with Crippen molar-refractivity contribution in [2.24, 2.45) is 5.92 Å². The van der Waals surface area contributed by atoms with Crippen LogP contribution in [0, 0.1) is 5.92 Å². The lowest BCUT2D eigenvalue weighted by Gasteiger charge is -2.22. The molecule has 1 aliphatic rings. The van der Waals surface area contributed by atoms with E-state index in [9.17, 15) is 0 Å². The second kappa shape index (κ2) is 6.98. The molecule has 5 heteroatoms. The van der Waals surface area contributed by atoms with Crippen molar-refractivity contribution in [2.75, 3.05) is 27.2 Å². The van der Waals surface area contributed by atoms with E-state index in [0.717, 1.165) is 25.6 Å². The van der Waals surface area contributed by atoms with E-state index < -0.39 is 0 Å². The van der Waals surface area contributed by atoms with Crippen LogP contribution in [0.5, 0.6) is 0 Å². The summed E-state index contributed by atoms with van der Waals surface area (Å²) in [6, 6.07) is 1.19. The lowest BCUT2D eigenvalue weighted by atomic mass is 10.1. The normalized spacial score (nSPS) is 24.1. The molecule has 0 aromatic carbocycles. The SMILES string of the molecule is CC(C)NCc1nc(CN2CC(C)C(N(C)C)C2)cs1. The monoisotopic (exact) mass is 296 g/mol. The Balaban J connectivity index is 1.85. The fourth-order valence-corrected chi connectivity index (χ4v) is 3.61. The number of thiazole rings is 1. The maximum atomic E-state index is 4.74. The summed E-state index contributed by atoms with van der Waals surface area (Å²) >= 11 is 1.77. The van der Waals surface area contributed by atoms with Gasteiger partial charge in [0.1, 0.15) is 5.01 Å². The zero-order chi connectivity index (χ0) is 14.7. The fourth-order valence-electron chi connectivity index (χ4n) is 2.87. The topological polar surface area (TPSA) is 31.4 Å². The Morgan fingerprint density at radius 3 is 2.80 bits per heavy atom. The van der Waals surface area contributed by atoms with E-state index >= 15 is 0 Å². The average Bonchev–Trinajstić information content (AvgIpc) is 2.94. The minimum atomic E-state index is 0.516. The maximum absolute atomic E-state index is 4.74. The number of nitrogens with zero attached hydrogens (tertiary/aromatic N) is 3. The van der Waals surface area contributed by atoms with Gasteiger partial charge in [-0.3, -0.25) is 4.90 Å². The second-order valence-electron chi connectivity index (χ2n) is 6.47. The zero-order valence-electron chi connectivity index (χ0n) is 13.4. The minimum absolute atomic E-state index is 0.516. The van der Waals surface area contributed by atoms with E-state index in [1.807, 2.05) is 0 Å². The first-order valence-corrected chi connectivity index (χ1v) is 8.39. The van der Waals surface area contributed by atoms with Crippen molar-refractivity contribution in [2.45, 2.75) is 45.9 Å². The third-order valence-corrected chi connectivity index (χ3v) is 4.86. The summed E-state index contributed by atoms with van der Waals surface area (Å²) in [6.45, 7) is 10.9. The van der Waals surface area contributed by atoms with Gasteiger partial charge < -0.3 is 10.2 Å². The number of nitrogens with one attached hydrogen (secondary N) is 1. The van der Waals surface area contributed by atoms with Crippen molar-refractivity contribution in [1.82, 2.24) is 20.1 Å². The molecule has 2 atom stereocenters. The highest BCUT2D eigenvalue weighted by Gasteiger charge is 2.30. The summed E-state index contributed by atoms with van der Waals surface area (Å²) in [6.07, 6.45) is 0. The van der Waals surface area contributed by atoms with Crippen LogP contribution in [-0.2, 0) is 13.1 Å². The Bertz CT molecular complexity index is 416. The van der Waals surface area contributed by atoms with Crippen molar-refractivity contribution in [3.63, 3.8) is 0 Å². The number of hydrogen-bond acceptors (Lipinski definition) is 5. The summed E-state index contributed by atoms with van der Waals surface area (Å²) in [5.41, 5.74) is 1.22. The number of aromatic nitrogens is 1. The maximum Gasteiger partial charge on any atom is 0.107 e. The Morgan fingerprint density at radius 2 is 2.20 bits per heavy atom. The van der Waals surface area contributed by atoms with Crippen LogP contribution in [0.25, 0.3) is 0 Å². The molecule has 1 aromatic heterocycles. The van der Waals surface area contributed by atoms with Crippen molar-refractivity contribution < 1.29 is 0 Å². The predicted octanol–water partition coefficient (Wildman–Crippen LogP) is 2.02. The third-order valence-electron chi connectivity index (χ3n) is 3.96. The molecule has 0 saturated carbocycles. The van der Waals surface area contributed by atoms with Crippen LogP contribution in [0.3, 0.4) is 0 Å². The van der Waals surface area contributed by atoms with Gasteiger partial charge in [-0.1, -0.05) is 20.8 Å². The van der Waals surface area contributed by atoms with Gasteiger partial charge >= 0.3 is 0 Å². The highest BCUT2D eigenvalue weighted by Crippen LogP contribution is 2.22. The summed E-state index contributed by atoms with van der Waals surface area (Å²) in [5.74, 6) is 0.741. The Morgan fingerprint density at radius 1 is 1.45 bits per heavy atom. The molecule has 114 valence electrons. The number of likely N-dealkylation sites (N-methyl/N-ethyl adjacent to an activating group) is 1. The van der Waals surface area contributed by atoms with Crippen molar-refractivity contribution >= 4 is 11.3 Å². The molecule has 2 rings (SSSR count). The molecule has 0 aliphatic carbocycles. The molecular formula is C15H28N4S. The van der Waals surface area contributed by atoms with Crippen molar-refractivity contribution in [3.05, 3.63) is 16.1 Å². The molecule has 0 bridgehead atoms. The van der Waals surface area contributed by atoms with E-state index in [0.29, 0.717) is 12.1 Å². The van der Waals surface area contributed by atoms with Crippen molar-refractivity contribution in [1.29, 1.82) is 0 Å². The quantitative estimate of drug-likeness (QED) is 0.870. The van der Waals surface area contributed by atoms with Crippen LogP contribution < -0.4 is 5.32 Å². The van der Waals surface area contributed by atoms with E-state index in [1.165, 1.54) is 17.2 Å². The van der Waals surface area contributed by atoms with Gasteiger partial charge in [-0.15, -0.1) is 11.3 Å². The van der Waals surface area contributed by atoms with Crippen LogP contribution in [0.4, 0.5) is 0 Å². The summed E-state index contributed by atoms with van der Waals surface area (Å²) < 4.78 is 0. The highest BCUT2D eigenvalue weighted by molar-refractivity contribution is 7.09. The molecule has 1 saturated heterocycles. The lowest BCUT2D eigenvalue weighted by molar-refractivity contribution is 0.249. The van der Waals surface area contributed by atoms with E-state index in [1.54, 1.807) is 11.3 Å². The molecule has 1 N–H and O–H groups in total. The van der Waals surface area contributed by atoms with Gasteiger partial charge in [0, 0.05) is 43.6 Å². The lowest BCUT2D eigenvalue weighted by Crippen LogP contribution is -2.34. The molecule has 2 heterocycles. The van der Waals surface area contributed by atoms with Gasteiger partial charge in [0.25, 0.3) is 0 Å². The van der Waals surface area contributed by atoms with E-state index in [2.05, 4.69) is 55.4 Å². The largest absolute Gasteiger partial charge is 0.308 e. The molecule has 4 nitrogen and oxygen atoms in total. The van der Waals surface area contributed by atoms with Gasteiger partial charge in [-0.25, -0.2) is 4.98 Å². The van der Waals surface area contributed by atoms with Gasteiger partial charge in [0.15, 0.2) is 0 Å². The highest BCUT2D eigenvalue weighted by atomic mass is 32.1. The molecule has 2 unspecified atom stereocenters. The average molecular weight is 296 g/mol. The first kappa shape index (κ1) is 15.9. The Labute approximate surface area is 127 Å². The van der Waals surface area contributed by atoms with Gasteiger partial charge in [0.2, 0.25) is 0 Å². The number of likely N-dealkylation sites (tertiary alicyclic amines) is 1. The van der Waals surface area contributed by atoms with Gasteiger partial charge in [-0.2, -0.15) is 0 Å². The molecule has 20 heavy (non-hydrogen) atoms. The summed E-state index contributed by atoms with van der Waals surface area (Å²) in [4.78, 5) is 9.62. The molecule has 0 radical (unpaired) electrons. The minimum Gasteiger partial charge on any atom is -0.308 e. The molecule has 1 fully saturated rings. The fraction of sp³-hybridized carbons (Fsp3) is 0.800. The summed E-state index contributed by atoms with van der Waals surface area (Å²) in [7, 11) is 4.37. The van der Waals surface area contributed by atoms with Crippen LogP contribution in [-0.4, -0.2) is 54.1 Å². The molecule has 0 spiro atoms. The smallest absolute Gasteiger partial charge is 0.107 e. The number of rotatable bonds is 6. The Hall–Kier alpha value is -0.490. The first-order valence-electron chi connectivity index (χ1n) is 7.51. The van der Waals surface area contributed by atoms with Crippen LogP contribution >= 0.6 is 11.3 Å². The molecule has 1 aromatic rings. The van der Waals surface area contributed by atoms with E-state index in [-0.39, 0.29) is 0 Å². The third kappa shape index (κ3) is 4.25. The van der Waals surface area contributed by atoms with Crippen molar-refractivity contribution in [3.8, 4) is 0 Å². The predicted molar refractivity (Wildman–Crippen MR) is 86.0 cm³/mol.